The number of carbonyl (C=O) groups excluding carboxylic acids is 1. The van der Waals surface area contributed by atoms with Crippen LogP contribution < -0.4 is 0 Å². The molecule has 0 unspecified atom stereocenters. The molecule has 0 saturated heterocycles. The van der Waals surface area contributed by atoms with Gasteiger partial charge in [-0.05, 0) is 24.5 Å². The van der Waals surface area contributed by atoms with Crippen LogP contribution in [0.3, 0.4) is 0 Å². The molecule has 0 fully saturated rings. The Morgan fingerprint density at radius 2 is 2.25 bits per heavy atom. The summed E-state index contributed by atoms with van der Waals surface area (Å²) < 4.78 is 4.73. The molecular weight excluding hydrogens is 210 g/mol. The second kappa shape index (κ2) is 6.55. The van der Waals surface area contributed by atoms with Crippen molar-refractivity contribution < 1.29 is 19.4 Å². The van der Waals surface area contributed by atoms with E-state index in [0.717, 1.165) is 12.0 Å². The molecule has 0 aliphatic carbocycles. The maximum absolute atomic E-state index is 10.8. The van der Waals surface area contributed by atoms with Crippen LogP contribution in [0.4, 0.5) is 0 Å². The number of aliphatic carboxylic acids is 1. The second-order valence-corrected chi connectivity index (χ2v) is 3.26. The minimum atomic E-state index is -1.17. The zero-order chi connectivity index (χ0) is 11.8. The van der Waals surface area contributed by atoms with Crippen molar-refractivity contribution in [3.05, 3.63) is 30.1 Å². The number of pyridine rings is 1. The fourth-order valence-electron chi connectivity index (χ4n) is 1.18. The van der Waals surface area contributed by atoms with Crippen molar-refractivity contribution in [2.75, 3.05) is 6.61 Å². The lowest BCUT2D eigenvalue weighted by Crippen LogP contribution is -2.11. The number of rotatable bonds is 6. The quantitative estimate of drug-likeness (QED) is 0.443. The van der Waals surface area contributed by atoms with Gasteiger partial charge in [0.25, 0.3) is 0 Å². The predicted molar refractivity (Wildman–Crippen MR) is 55.8 cm³/mol. The van der Waals surface area contributed by atoms with Gasteiger partial charge < -0.3 is 9.84 Å². The van der Waals surface area contributed by atoms with Crippen molar-refractivity contribution in [3.63, 3.8) is 0 Å². The summed E-state index contributed by atoms with van der Waals surface area (Å²) in [6.07, 6.45) is 4.29. The van der Waals surface area contributed by atoms with Gasteiger partial charge in [-0.25, -0.2) is 0 Å². The summed E-state index contributed by atoms with van der Waals surface area (Å²) in [4.78, 5) is 25.0. The van der Waals surface area contributed by atoms with Crippen LogP contribution in [-0.4, -0.2) is 28.6 Å². The van der Waals surface area contributed by atoms with E-state index in [4.69, 9.17) is 9.84 Å². The number of ether oxygens (including phenoxy) is 1. The predicted octanol–water partition coefficient (Wildman–Crippen LogP) is 1.03. The number of nitrogens with zero attached hydrogens (tertiary/aromatic N) is 1. The molecule has 1 rings (SSSR count). The summed E-state index contributed by atoms with van der Waals surface area (Å²) in [7, 11) is 0. The molecule has 0 saturated carbocycles. The lowest BCUT2D eigenvalue weighted by Gasteiger charge is -2.03. The van der Waals surface area contributed by atoms with Crippen LogP contribution in [0.15, 0.2) is 24.5 Å². The van der Waals surface area contributed by atoms with Gasteiger partial charge in [-0.2, -0.15) is 0 Å². The Hall–Kier alpha value is -1.91. The first kappa shape index (κ1) is 12.2. The molecular formula is C11H13NO4. The number of aryl methyl sites for hydroxylation is 1. The molecule has 1 N–H and O–H groups in total. The first-order valence-corrected chi connectivity index (χ1v) is 4.95. The van der Waals surface area contributed by atoms with Gasteiger partial charge in [-0.1, -0.05) is 6.07 Å². The smallest absolute Gasteiger partial charge is 0.317 e. The first-order chi connectivity index (χ1) is 7.68. The third-order valence-corrected chi connectivity index (χ3v) is 1.89. The van der Waals surface area contributed by atoms with Crippen LogP contribution >= 0.6 is 0 Å². The van der Waals surface area contributed by atoms with E-state index < -0.39 is 18.4 Å². The van der Waals surface area contributed by atoms with E-state index in [1.807, 2.05) is 12.1 Å². The van der Waals surface area contributed by atoms with Crippen molar-refractivity contribution >= 4 is 11.9 Å². The third-order valence-electron chi connectivity index (χ3n) is 1.89. The number of carboxylic acids is 1. The zero-order valence-corrected chi connectivity index (χ0v) is 8.76. The van der Waals surface area contributed by atoms with Gasteiger partial charge >= 0.3 is 11.9 Å². The van der Waals surface area contributed by atoms with E-state index in [-0.39, 0.29) is 6.61 Å². The number of aromatic nitrogens is 1. The van der Waals surface area contributed by atoms with Crippen molar-refractivity contribution in [1.29, 1.82) is 0 Å². The molecule has 0 spiro atoms. The van der Waals surface area contributed by atoms with Crippen molar-refractivity contribution in [1.82, 2.24) is 4.98 Å². The van der Waals surface area contributed by atoms with E-state index in [9.17, 15) is 9.59 Å². The highest BCUT2D eigenvalue weighted by Crippen LogP contribution is 2.00. The third kappa shape index (κ3) is 5.09. The Morgan fingerprint density at radius 3 is 2.88 bits per heavy atom. The number of carbonyl (C=O) groups is 2. The molecule has 1 heterocycles. The molecule has 16 heavy (non-hydrogen) atoms. The maximum Gasteiger partial charge on any atom is 0.317 e. The van der Waals surface area contributed by atoms with Crippen molar-refractivity contribution in [2.45, 2.75) is 19.3 Å². The maximum atomic E-state index is 10.8. The zero-order valence-electron chi connectivity index (χ0n) is 8.76. The minimum absolute atomic E-state index is 0.237. The first-order valence-electron chi connectivity index (χ1n) is 4.95. The van der Waals surface area contributed by atoms with E-state index >= 15 is 0 Å². The Bertz CT molecular complexity index is 350. The highest BCUT2D eigenvalue weighted by Gasteiger charge is 2.07. The van der Waals surface area contributed by atoms with Crippen LogP contribution in [0.25, 0.3) is 0 Å². The lowest BCUT2D eigenvalue weighted by atomic mass is 10.2. The van der Waals surface area contributed by atoms with Gasteiger partial charge in [-0.15, -0.1) is 0 Å². The SMILES string of the molecule is O=C(O)CC(=O)OCCCc1cccnc1. The van der Waals surface area contributed by atoms with Crippen LogP contribution in [0.1, 0.15) is 18.4 Å². The molecule has 5 nitrogen and oxygen atoms in total. The fraction of sp³-hybridized carbons (Fsp3) is 0.364. The molecule has 0 atom stereocenters. The summed E-state index contributed by atoms with van der Waals surface area (Å²) in [6.45, 7) is 0.237. The van der Waals surface area contributed by atoms with Gasteiger partial charge in [-0.3, -0.25) is 14.6 Å². The summed E-state index contributed by atoms with van der Waals surface area (Å²) >= 11 is 0. The number of carboxylic acid groups (broad SMARTS) is 1. The fourth-order valence-corrected chi connectivity index (χ4v) is 1.18. The summed E-state index contributed by atoms with van der Waals surface area (Å²) in [6, 6.07) is 3.78. The number of hydrogen-bond donors (Lipinski definition) is 1. The molecule has 86 valence electrons. The molecule has 0 aliphatic heterocycles. The molecule has 5 heteroatoms. The molecule has 0 aromatic carbocycles. The average molecular weight is 223 g/mol. The highest BCUT2D eigenvalue weighted by molar-refractivity contribution is 5.90. The monoisotopic (exact) mass is 223 g/mol. The Morgan fingerprint density at radius 1 is 1.44 bits per heavy atom. The minimum Gasteiger partial charge on any atom is -0.481 e. The standard InChI is InChI=1S/C11H13NO4/c13-10(14)7-11(15)16-6-2-4-9-3-1-5-12-8-9/h1,3,5,8H,2,4,6-7H2,(H,13,14). The Labute approximate surface area is 93.1 Å². The van der Waals surface area contributed by atoms with Gasteiger partial charge in [0, 0.05) is 12.4 Å². The largest absolute Gasteiger partial charge is 0.481 e. The van der Waals surface area contributed by atoms with Gasteiger partial charge in [0.05, 0.1) is 6.61 Å². The molecule has 0 bridgehead atoms. The van der Waals surface area contributed by atoms with E-state index in [1.165, 1.54) is 0 Å². The van der Waals surface area contributed by atoms with Crippen LogP contribution in [0.5, 0.6) is 0 Å². The lowest BCUT2D eigenvalue weighted by molar-refractivity contribution is -0.151. The summed E-state index contributed by atoms with van der Waals surface area (Å²) in [5.74, 6) is -1.86. The number of esters is 1. The molecule has 1 aromatic rings. The second-order valence-electron chi connectivity index (χ2n) is 3.26. The summed E-state index contributed by atoms with van der Waals surface area (Å²) in [5.41, 5.74) is 1.07. The molecule has 0 aliphatic rings. The number of hydrogen-bond acceptors (Lipinski definition) is 4. The highest BCUT2D eigenvalue weighted by atomic mass is 16.5. The molecule has 0 amide bonds. The van der Waals surface area contributed by atoms with Crippen LogP contribution in [0, 0.1) is 0 Å². The van der Waals surface area contributed by atoms with Crippen LogP contribution in [0.2, 0.25) is 0 Å². The van der Waals surface area contributed by atoms with E-state index in [1.54, 1.807) is 12.4 Å². The van der Waals surface area contributed by atoms with Crippen LogP contribution in [-0.2, 0) is 20.7 Å². The topological polar surface area (TPSA) is 76.5 Å². The Balaban J connectivity index is 2.13. The van der Waals surface area contributed by atoms with Gasteiger partial charge in [0.1, 0.15) is 6.42 Å². The normalized spacial score (nSPS) is 9.75. The van der Waals surface area contributed by atoms with Gasteiger partial charge in [0.2, 0.25) is 0 Å². The van der Waals surface area contributed by atoms with Gasteiger partial charge in [0.15, 0.2) is 0 Å². The van der Waals surface area contributed by atoms with Crippen molar-refractivity contribution in [2.24, 2.45) is 0 Å². The van der Waals surface area contributed by atoms with E-state index in [2.05, 4.69) is 4.98 Å². The van der Waals surface area contributed by atoms with Crippen molar-refractivity contribution in [3.8, 4) is 0 Å². The summed E-state index contributed by atoms with van der Waals surface area (Å²) in [5, 5.41) is 8.31. The molecule has 0 radical (unpaired) electrons. The van der Waals surface area contributed by atoms with E-state index in [0.29, 0.717) is 6.42 Å². The average Bonchev–Trinajstić information content (AvgIpc) is 2.25. The Kier molecular flexibility index (Phi) is 4.98. The molecule has 1 aromatic heterocycles.